The van der Waals surface area contributed by atoms with E-state index in [1.807, 2.05) is 0 Å². The number of methoxy groups -OCH3 is 1. The summed E-state index contributed by atoms with van der Waals surface area (Å²) in [5.41, 5.74) is 0.274. The van der Waals surface area contributed by atoms with Gasteiger partial charge < -0.3 is 9.47 Å². The second kappa shape index (κ2) is 9.30. The van der Waals surface area contributed by atoms with Crippen molar-refractivity contribution in [3.05, 3.63) is 18.1 Å². The zero-order chi connectivity index (χ0) is 13.9. The van der Waals surface area contributed by atoms with Gasteiger partial charge >= 0.3 is 5.97 Å². The summed E-state index contributed by atoms with van der Waals surface area (Å²) < 4.78 is 10.2. The number of hydrogen-bond donors (Lipinski definition) is 0. The molecule has 0 saturated carbocycles. The number of unbranched alkanes of at least 4 members (excludes halogenated alkanes) is 5. The highest BCUT2D eigenvalue weighted by Gasteiger charge is 2.14. The smallest absolute Gasteiger partial charge is 0.344 e. The normalized spacial score (nSPS) is 10.2. The quantitative estimate of drug-likeness (QED) is 0.508. The standard InChI is InChI=1S/C14H22N2O3/c1-3-4-5-6-7-8-9-19-13-12(14(17)18-2)10-15-11-16-13/h10-11H,3-9H2,1-2H3. The van der Waals surface area contributed by atoms with Gasteiger partial charge in [-0.2, -0.15) is 0 Å². The molecule has 1 heterocycles. The number of esters is 1. The number of carbonyl (C=O) groups excluding carboxylic acids is 1. The van der Waals surface area contributed by atoms with Crippen LogP contribution in [0.3, 0.4) is 0 Å². The summed E-state index contributed by atoms with van der Waals surface area (Å²) >= 11 is 0. The first-order chi connectivity index (χ1) is 9.29. The van der Waals surface area contributed by atoms with E-state index in [0.717, 1.165) is 12.8 Å². The molecule has 1 aromatic rings. The van der Waals surface area contributed by atoms with Crippen LogP contribution in [-0.4, -0.2) is 29.7 Å². The Kier molecular flexibility index (Phi) is 7.54. The fourth-order valence-corrected chi connectivity index (χ4v) is 1.73. The van der Waals surface area contributed by atoms with Crippen LogP contribution in [0.25, 0.3) is 0 Å². The van der Waals surface area contributed by atoms with E-state index in [2.05, 4.69) is 21.6 Å². The van der Waals surface area contributed by atoms with E-state index < -0.39 is 5.97 Å². The van der Waals surface area contributed by atoms with E-state index in [1.165, 1.54) is 45.3 Å². The second-order valence-corrected chi connectivity index (χ2v) is 4.35. The van der Waals surface area contributed by atoms with Gasteiger partial charge in [-0.15, -0.1) is 0 Å². The zero-order valence-corrected chi connectivity index (χ0v) is 11.7. The van der Waals surface area contributed by atoms with Gasteiger partial charge in [0.2, 0.25) is 5.88 Å². The van der Waals surface area contributed by atoms with Crippen molar-refractivity contribution in [3.8, 4) is 5.88 Å². The number of rotatable bonds is 9. The minimum Gasteiger partial charge on any atom is -0.477 e. The third kappa shape index (κ3) is 5.68. The monoisotopic (exact) mass is 266 g/mol. The zero-order valence-electron chi connectivity index (χ0n) is 11.7. The average molecular weight is 266 g/mol. The molecule has 1 aromatic heterocycles. The van der Waals surface area contributed by atoms with Crippen molar-refractivity contribution in [3.63, 3.8) is 0 Å². The van der Waals surface area contributed by atoms with Crippen molar-refractivity contribution in [2.75, 3.05) is 13.7 Å². The highest BCUT2D eigenvalue weighted by molar-refractivity contribution is 5.91. The first kappa shape index (κ1) is 15.4. The third-order valence-electron chi connectivity index (χ3n) is 2.82. The molecule has 5 heteroatoms. The molecule has 0 spiro atoms. The van der Waals surface area contributed by atoms with Crippen LogP contribution in [0.15, 0.2) is 12.5 Å². The number of nitrogens with zero attached hydrogens (tertiary/aromatic N) is 2. The van der Waals surface area contributed by atoms with Crippen molar-refractivity contribution in [2.45, 2.75) is 45.4 Å². The summed E-state index contributed by atoms with van der Waals surface area (Å²) in [6, 6.07) is 0. The maximum atomic E-state index is 11.5. The summed E-state index contributed by atoms with van der Waals surface area (Å²) in [7, 11) is 1.33. The molecule has 0 aromatic carbocycles. The van der Waals surface area contributed by atoms with Crippen LogP contribution < -0.4 is 4.74 Å². The molecule has 0 atom stereocenters. The maximum absolute atomic E-state index is 11.5. The molecule has 106 valence electrons. The lowest BCUT2D eigenvalue weighted by molar-refractivity contribution is 0.0594. The van der Waals surface area contributed by atoms with Gasteiger partial charge in [-0.05, 0) is 6.42 Å². The van der Waals surface area contributed by atoms with E-state index in [9.17, 15) is 4.79 Å². The van der Waals surface area contributed by atoms with E-state index in [-0.39, 0.29) is 5.56 Å². The average Bonchev–Trinajstić information content (AvgIpc) is 2.46. The molecular formula is C14H22N2O3. The Labute approximate surface area is 114 Å². The van der Waals surface area contributed by atoms with Gasteiger partial charge in [-0.3, -0.25) is 0 Å². The lowest BCUT2D eigenvalue weighted by Crippen LogP contribution is -2.08. The molecule has 0 aliphatic rings. The second-order valence-electron chi connectivity index (χ2n) is 4.35. The van der Waals surface area contributed by atoms with Crippen molar-refractivity contribution >= 4 is 5.97 Å². The number of hydrogen-bond acceptors (Lipinski definition) is 5. The topological polar surface area (TPSA) is 61.3 Å². The first-order valence-corrected chi connectivity index (χ1v) is 6.80. The molecule has 0 fully saturated rings. The molecule has 0 saturated heterocycles. The molecular weight excluding hydrogens is 244 g/mol. The van der Waals surface area contributed by atoms with Gasteiger partial charge in [0.05, 0.1) is 13.7 Å². The Hall–Kier alpha value is -1.65. The summed E-state index contributed by atoms with van der Waals surface area (Å²) in [6.07, 6.45) is 9.92. The predicted molar refractivity (Wildman–Crippen MR) is 72.2 cm³/mol. The fraction of sp³-hybridized carbons (Fsp3) is 0.643. The molecule has 5 nitrogen and oxygen atoms in total. The Balaban J connectivity index is 2.31. The van der Waals surface area contributed by atoms with Gasteiger partial charge in [0.15, 0.2) is 0 Å². The predicted octanol–water partition coefficient (Wildman–Crippen LogP) is 3.00. The molecule has 1 rings (SSSR count). The minimum atomic E-state index is -0.474. The van der Waals surface area contributed by atoms with Crippen LogP contribution in [0.1, 0.15) is 55.8 Å². The molecule has 0 unspecified atom stereocenters. The number of ether oxygens (including phenoxy) is 2. The Morgan fingerprint density at radius 3 is 2.68 bits per heavy atom. The van der Waals surface area contributed by atoms with Crippen LogP contribution in [0.4, 0.5) is 0 Å². The summed E-state index contributed by atoms with van der Waals surface area (Å²) in [6.45, 7) is 2.76. The Bertz CT molecular complexity index is 383. The van der Waals surface area contributed by atoms with Crippen LogP contribution >= 0.6 is 0 Å². The van der Waals surface area contributed by atoms with Gasteiger partial charge in [0, 0.05) is 6.20 Å². The van der Waals surface area contributed by atoms with Crippen LogP contribution in [0, 0.1) is 0 Å². The molecule has 19 heavy (non-hydrogen) atoms. The van der Waals surface area contributed by atoms with E-state index >= 15 is 0 Å². The Morgan fingerprint density at radius 1 is 1.21 bits per heavy atom. The van der Waals surface area contributed by atoms with Gasteiger partial charge in [-0.25, -0.2) is 14.8 Å². The molecule has 0 radical (unpaired) electrons. The van der Waals surface area contributed by atoms with Crippen LogP contribution in [0.2, 0.25) is 0 Å². The van der Waals surface area contributed by atoms with Gasteiger partial charge in [0.25, 0.3) is 0 Å². The van der Waals surface area contributed by atoms with Crippen LogP contribution in [-0.2, 0) is 4.74 Å². The lowest BCUT2D eigenvalue weighted by atomic mass is 10.1. The SMILES string of the molecule is CCCCCCCCOc1ncncc1C(=O)OC. The maximum Gasteiger partial charge on any atom is 0.344 e. The number of carbonyl (C=O) groups is 1. The molecule has 0 bridgehead atoms. The third-order valence-corrected chi connectivity index (χ3v) is 2.82. The lowest BCUT2D eigenvalue weighted by Gasteiger charge is -2.08. The summed E-state index contributed by atoms with van der Waals surface area (Å²) in [5, 5.41) is 0. The van der Waals surface area contributed by atoms with Gasteiger partial charge in [0.1, 0.15) is 11.9 Å². The van der Waals surface area contributed by atoms with E-state index in [0.29, 0.717) is 12.5 Å². The van der Waals surface area contributed by atoms with Crippen molar-refractivity contribution in [1.82, 2.24) is 9.97 Å². The van der Waals surface area contributed by atoms with Crippen molar-refractivity contribution in [1.29, 1.82) is 0 Å². The van der Waals surface area contributed by atoms with Crippen molar-refractivity contribution < 1.29 is 14.3 Å². The first-order valence-electron chi connectivity index (χ1n) is 6.80. The molecule has 0 aliphatic heterocycles. The van der Waals surface area contributed by atoms with Crippen LogP contribution in [0.5, 0.6) is 5.88 Å². The largest absolute Gasteiger partial charge is 0.477 e. The molecule has 0 N–H and O–H groups in total. The van der Waals surface area contributed by atoms with E-state index in [4.69, 9.17) is 4.74 Å². The highest BCUT2D eigenvalue weighted by atomic mass is 16.5. The minimum absolute atomic E-state index is 0.274. The van der Waals surface area contributed by atoms with Crippen molar-refractivity contribution in [2.24, 2.45) is 0 Å². The summed E-state index contributed by atoms with van der Waals surface area (Å²) in [5.74, 6) is -0.172. The number of aromatic nitrogens is 2. The molecule has 0 aliphatic carbocycles. The molecule has 0 amide bonds. The highest BCUT2D eigenvalue weighted by Crippen LogP contribution is 2.14. The fourth-order valence-electron chi connectivity index (χ4n) is 1.73. The summed E-state index contributed by atoms with van der Waals surface area (Å²) in [4.78, 5) is 19.2. The Morgan fingerprint density at radius 2 is 1.95 bits per heavy atom. The van der Waals surface area contributed by atoms with E-state index in [1.54, 1.807) is 0 Å². The van der Waals surface area contributed by atoms with Gasteiger partial charge in [-0.1, -0.05) is 39.0 Å².